The van der Waals surface area contributed by atoms with E-state index in [9.17, 15) is 9.59 Å². The predicted molar refractivity (Wildman–Crippen MR) is 83.5 cm³/mol. The zero-order chi connectivity index (χ0) is 15.4. The number of likely N-dealkylation sites (N-methyl/N-ethyl adjacent to an activating group) is 1. The summed E-state index contributed by atoms with van der Waals surface area (Å²) < 4.78 is 0. The van der Waals surface area contributed by atoms with E-state index in [4.69, 9.17) is 0 Å². The molecular formula is C17H24N2O2. The zero-order valence-electron chi connectivity index (χ0n) is 13.1. The number of carbonyl (C=O) groups is 2. The third-order valence-electron chi connectivity index (χ3n) is 4.16. The number of rotatable bonds is 5. The molecule has 1 aliphatic rings. The van der Waals surface area contributed by atoms with E-state index < -0.39 is 0 Å². The summed E-state index contributed by atoms with van der Waals surface area (Å²) in [6, 6.07) is 7.65. The van der Waals surface area contributed by atoms with Crippen LogP contribution in [0, 0.1) is 0 Å². The van der Waals surface area contributed by atoms with Gasteiger partial charge in [-0.3, -0.25) is 14.5 Å². The van der Waals surface area contributed by atoms with E-state index in [0.29, 0.717) is 12.5 Å². The first-order valence-corrected chi connectivity index (χ1v) is 7.61. The molecule has 2 rings (SSSR count). The predicted octanol–water partition coefficient (Wildman–Crippen LogP) is 2.20. The Balaban J connectivity index is 2.02. The van der Waals surface area contributed by atoms with Crippen molar-refractivity contribution in [3.05, 3.63) is 35.4 Å². The highest BCUT2D eigenvalue weighted by atomic mass is 16.2. The fraction of sp³-hybridized carbons (Fsp3) is 0.529. The molecule has 1 fully saturated rings. The minimum Gasteiger partial charge on any atom is -0.358 e. The average molecular weight is 288 g/mol. The van der Waals surface area contributed by atoms with Crippen LogP contribution in [-0.4, -0.2) is 42.8 Å². The van der Waals surface area contributed by atoms with Gasteiger partial charge in [0.2, 0.25) is 5.91 Å². The molecule has 4 heteroatoms. The molecule has 0 spiro atoms. The van der Waals surface area contributed by atoms with E-state index in [-0.39, 0.29) is 17.7 Å². The molecule has 0 saturated carbocycles. The van der Waals surface area contributed by atoms with Crippen LogP contribution in [0.15, 0.2) is 24.3 Å². The molecule has 1 atom stereocenters. The number of hydrogen-bond acceptors (Lipinski definition) is 3. The van der Waals surface area contributed by atoms with Crippen LogP contribution in [0.1, 0.15) is 48.5 Å². The van der Waals surface area contributed by atoms with Gasteiger partial charge in [-0.25, -0.2) is 0 Å². The van der Waals surface area contributed by atoms with Crippen molar-refractivity contribution >= 4 is 11.7 Å². The van der Waals surface area contributed by atoms with Gasteiger partial charge in [-0.2, -0.15) is 0 Å². The molecule has 1 unspecified atom stereocenters. The highest BCUT2D eigenvalue weighted by molar-refractivity contribution is 5.98. The van der Waals surface area contributed by atoms with Crippen LogP contribution in [0.5, 0.6) is 0 Å². The van der Waals surface area contributed by atoms with Crippen LogP contribution in [-0.2, 0) is 4.79 Å². The van der Waals surface area contributed by atoms with Gasteiger partial charge in [0.05, 0.1) is 12.6 Å². The standard InChI is InChI=1S/C17H24N2O2/c1-12(2)13-6-8-14(9-7-13)16(20)11-19-10-4-5-15(19)17(21)18-3/h6-9,12,15H,4-5,10-11H2,1-3H3,(H,18,21). The van der Waals surface area contributed by atoms with Gasteiger partial charge >= 0.3 is 0 Å². The number of nitrogens with one attached hydrogen (secondary N) is 1. The van der Waals surface area contributed by atoms with Crippen molar-refractivity contribution in [2.24, 2.45) is 0 Å². The topological polar surface area (TPSA) is 49.4 Å². The summed E-state index contributed by atoms with van der Waals surface area (Å²) >= 11 is 0. The van der Waals surface area contributed by atoms with Gasteiger partial charge in [-0.15, -0.1) is 0 Å². The van der Waals surface area contributed by atoms with Crippen molar-refractivity contribution in [2.45, 2.75) is 38.6 Å². The van der Waals surface area contributed by atoms with Crippen molar-refractivity contribution in [1.82, 2.24) is 10.2 Å². The molecule has 0 bridgehead atoms. The maximum Gasteiger partial charge on any atom is 0.237 e. The fourth-order valence-electron chi connectivity index (χ4n) is 2.81. The van der Waals surface area contributed by atoms with Crippen LogP contribution in [0.3, 0.4) is 0 Å². The monoisotopic (exact) mass is 288 g/mol. The Morgan fingerprint density at radius 3 is 2.52 bits per heavy atom. The highest BCUT2D eigenvalue weighted by Crippen LogP contribution is 2.19. The minimum atomic E-state index is -0.158. The summed E-state index contributed by atoms with van der Waals surface area (Å²) in [6.07, 6.45) is 1.80. The summed E-state index contributed by atoms with van der Waals surface area (Å²) in [5.74, 6) is 0.557. The largest absolute Gasteiger partial charge is 0.358 e. The van der Waals surface area contributed by atoms with Gasteiger partial charge in [-0.05, 0) is 30.9 Å². The highest BCUT2D eigenvalue weighted by Gasteiger charge is 2.31. The van der Waals surface area contributed by atoms with Crippen LogP contribution in [0.2, 0.25) is 0 Å². The van der Waals surface area contributed by atoms with E-state index >= 15 is 0 Å². The molecular weight excluding hydrogens is 264 g/mol. The summed E-state index contributed by atoms with van der Waals surface area (Å²) in [4.78, 5) is 26.1. The first-order valence-electron chi connectivity index (χ1n) is 7.61. The molecule has 1 saturated heterocycles. The number of likely N-dealkylation sites (tertiary alicyclic amines) is 1. The van der Waals surface area contributed by atoms with Crippen molar-refractivity contribution in [2.75, 3.05) is 20.1 Å². The summed E-state index contributed by atoms with van der Waals surface area (Å²) in [6.45, 7) is 5.40. The lowest BCUT2D eigenvalue weighted by atomic mass is 10.0. The summed E-state index contributed by atoms with van der Waals surface area (Å²) in [7, 11) is 1.64. The SMILES string of the molecule is CNC(=O)C1CCCN1CC(=O)c1ccc(C(C)C)cc1. The second kappa shape index (κ2) is 6.85. The molecule has 1 aromatic carbocycles. The van der Waals surface area contributed by atoms with E-state index in [1.54, 1.807) is 7.05 Å². The quantitative estimate of drug-likeness (QED) is 0.845. The zero-order valence-corrected chi connectivity index (χ0v) is 13.1. The number of benzene rings is 1. The van der Waals surface area contributed by atoms with E-state index in [0.717, 1.165) is 24.9 Å². The molecule has 0 radical (unpaired) electrons. The van der Waals surface area contributed by atoms with Gasteiger partial charge in [0, 0.05) is 12.6 Å². The number of carbonyl (C=O) groups excluding carboxylic acids is 2. The minimum absolute atomic E-state index is 0.00968. The maximum absolute atomic E-state index is 12.4. The maximum atomic E-state index is 12.4. The van der Waals surface area contributed by atoms with Crippen LogP contribution >= 0.6 is 0 Å². The first kappa shape index (κ1) is 15.7. The average Bonchev–Trinajstić information content (AvgIpc) is 2.94. The normalized spacial score (nSPS) is 19.0. The Morgan fingerprint density at radius 1 is 1.29 bits per heavy atom. The molecule has 0 aliphatic carbocycles. The third-order valence-corrected chi connectivity index (χ3v) is 4.16. The summed E-state index contributed by atoms with van der Waals surface area (Å²) in [5.41, 5.74) is 1.96. The van der Waals surface area contributed by atoms with Gasteiger partial charge < -0.3 is 5.32 Å². The Labute approximate surface area is 126 Å². The Hall–Kier alpha value is -1.68. The van der Waals surface area contributed by atoms with Crippen molar-refractivity contribution < 1.29 is 9.59 Å². The molecule has 4 nitrogen and oxygen atoms in total. The number of amides is 1. The van der Waals surface area contributed by atoms with Crippen LogP contribution in [0.25, 0.3) is 0 Å². The van der Waals surface area contributed by atoms with Crippen molar-refractivity contribution in [3.63, 3.8) is 0 Å². The molecule has 114 valence electrons. The van der Waals surface area contributed by atoms with Gasteiger partial charge in [0.15, 0.2) is 5.78 Å². The molecule has 1 heterocycles. The Morgan fingerprint density at radius 2 is 1.95 bits per heavy atom. The van der Waals surface area contributed by atoms with Gasteiger partial charge in [0.25, 0.3) is 0 Å². The molecule has 21 heavy (non-hydrogen) atoms. The number of nitrogens with zero attached hydrogens (tertiary/aromatic N) is 1. The third kappa shape index (κ3) is 3.70. The first-order chi connectivity index (χ1) is 10.0. The lowest BCUT2D eigenvalue weighted by Gasteiger charge is -2.22. The lowest BCUT2D eigenvalue weighted by molar-refractivity contribution is -0.124. The smallest absolute Gasteiger partial charge is 0.237 e. The molecule has 1 aliphatic heterocycles. The second-order valence-electron chi connectivity index (χ2n) is 5.94. The van der Waals surface area contributed by atoms with E-state index in [1.807, 2.05) is 29.2 Å². The van der Waals surface area contributed by atoms with Gasteiger partial charge in [-0.1, -0.05) is 38.1 Å². The summed E-state index contributed by atoms with van der Waals surface area (Å²) in [5, 5.41) is 2.68. The molecule has 1 aromatic rings. The van der Waals surface area contributed by atoms with Crippen LogP contribution in [0.4, 0.5) is 0 Å². The van der Waals surface area contributed by atoms with Crippen molar-refractivity contribution in [1.29, 1.82) is 0 Å². The number of hydrogen-bond donors (Lipinski definition) is 1. The molecule has 1 N–H and O–H groups in total. The van der Waals surface area contributed by atoms with Gasteiger partial charge in [0.1, 0.15) is 0 Å². The Kier molecular flexibility index (Phi) is 5.12. The number of ketones is 1. The van der Waals surface area contributed by atoms with E-state index in [1.165, 1.54) is 5.56 Å². The van der Waals surface area contributed by atoms with E-state index in [2.05, 4.69) is 19.2 Å². The van der Waals surface area contributed by atoms with Crippen LogP contribution < -0.4 is 5.32 Å². The lowest BCUT2D eigenvalue weighted by Crippen LogP contribution is -2.44. The Bertz CT molecular complexity index is 508. The molecule has 0 aromatic heterocycles. The number of Topliss-reactive ketones (excluding diaryl/α,β-unsaturated/α-hetero) is 1. The van der Waals surface area contributed by atoms with Crippen molar-refractivity contribution in [3.8, 4) is 0 Å². The molecule has 1 amide bonds. The fourth-order valence-corrected chi connectivity index (χ4v) is 2.81. The second-order valence-corrected chi connectivity index (χ2v) is 5.94.